The first-order valence-electron chi connectivity index (χ1n) is 7.14. The van der Waals surface area contributed by atoms with Crippen molar-refractivity contribution in [2.75, 3.05) is 20.1 Å². The standard InChI is InChI=1S/C15H21N3OS/c1-11-13(10-18(2)9-12-5-3-7-16-12)17-15(19-11)14-6-4-8-20-14/h4,6,8,12,16H,3,5,7,9-10H2,1-2H3. The summed E-state index contributed by atoms with van der Waals surface area (Å²) in [6, 6.07) is 4.70. The topological polar surface area (TPSA) is 41.3 Å². The van der Waals surface area contributed by atoms with Crippen LogP contribution in [0.1, 0.15) is 24.3 Å². The lowest BCUT2D eigenvalue weighted by molar-refractivity contribution is 0.289. The molecule has 20 heavy (non-hydrogen) atoms. The van der Waals surface area contributed by atoms with E-state index in [1.807, 2.05) is 24.4 Å². The summed E-state index contributed by atoms with van der Waals surface area (Å²) in [7, 11) is 2.15. The van der Waals surface area contributed by atoms with E-state index in [0.717, 1.165) is 41.9 Å². The fraction of sp³-hybridized carbons (Fsp3) is 0.533. The average molecular weight is 291 g/mol. The monoisotopic (exact) mass is 291 g/mol. The summed E-state index contributed by atoms with van der Waals surface area (Å²) in [4.78, 5) is 8.07. The van der Waals surface area contributed by atoms with Gasteiger partial charge in [0.05, 0.1) is 10.6 Å². The normalized spacial score (nSPS) is 19.1. The molecule has 0 amide bonds. The second kappa shape index (κ2) is 6.08. The van der Waals surface area contributed by atoms with E-state index in [1.54, 1.807) is 11.3 Å². The Labute approximate surface area is 123 Å². The smallest absolute Gasteiger partial charge is 0.236 e. The van der Waals surface area contributed by atoms with Crippen molar-refractivity contribution >= 4 is 11.3 Å². The lowest BCUT2D eigenvalue weighted by atomic mass is 10.2. The van der Waals surface area contributed by atoms with Crippen LogP contribution in [0.4, 0.5) is 0 Å². The third kappa shape index (κ3) is 3.11. The van der Waals surface area contributed by atoms with Crippen molar-refractivity contribution in [3.63, 3.8) is 0 Å². The van der Waals surface area contributed by atoms with Crippen LogP contribution in [0, 0.1) is 6.92 Å². The molecule has 0 aliphatic carbocycles. The number of hydrogen-bond donors (Lipinski definition) is 1. The van der Waals surface area contributed by atoms with Crippen molar-refractivity contribution in [2.24, 2.45) is 0 Å². The minimum Gasteiger partial charge on any atom is -0.440 e. The lowest BCUT2D eigenvalue weighted by Crippen LogP contribution is -2.35. The molecular weight excluding hydrogens is 270 g/mol. The third-order valence-corrected chi connectivity index (χ3v) is 4.60. The molecule has 0 spiro atoms. The zero-order chi connectivity index (χ0) is 13.9. The Balaban J connectivity index is 1.64. The van der Waals surface area contributed by atoms with Gasteiger partial charge in [-0.25, -0.2) is 4.98 Å². The van der Waals surface area contributed by atoms with E-state index in [0.29, 0.717) is 6.04 Å². The van der Waals surface area contributed by atoms with Crippen LogP contribution in [-0.2, 0) is 6.54 Å². The molecule has 0 radical (unpaired) electrons. The SMILES string of the molecule is Cc1oc(-c2cccs2)nc1CN(C)CC1CCCN1. The van der Waals surface area contributed by atoms with Gasteiger partial charge >= 0.3 is 0 Å². The van der Waals surface area contributed by atoms with Crippen LogP contribution in [0.3, 0.4) is 0 Å². The van der Waals surface area contributed by atoms with Gasteiger partial charge in [0.25, 0.3) is 0 Å². The Hall–Kier alpha value is -1.17. The Kier molecular flexibility index (Phi) is 4.19. The fourth-order valence-electron chi connectivity index (χ4n) is 2.69. The van der Waals surface area contributed by atoms with Gasteiger partial charge in [0, 0.05) is 19.1 Å². The van der Waals surface area contributed by atoms with Crippen LogP contribution in [-0.4, -0.2) is 36.1 Å². The molecule has 1 fully saturated rings. The van der Waals surface area contributed by atoms with E-state index in [4.69, 9.17) is 4.42 Å². The van der Waals surface area contributed by atoms with Gasteiger partial charge in [-0.05, 0) is 44.8 Å². The number of thiophene rings is 1. The van der Waals surface area contributed by atoms with E-state index in [1.165, 1.54) is 12.8 Å². The summed E-state index contributed by atoms with van der Waals surface area (Å²) in [6.45, 7) is 5.07. The first kappa shape index (κ1) is 13.8. The summed E-state index contributed by atoms with van der Waals surface area (Å²) in [5, 5.41) is 5.58. The molecule has 108 valence electrons. The quantitative estimate of drug-likeness (QED) is 0.919. The van der Waals surface area contributed by atoms with Crippen LogP contribution in [0.15, 0.2) is 21.9 Å². The Morgan fingerprint density at radius 2 is 2.45 bits per heavy atom. The molecule has 1 aliphatic rings. The summed E-state index contributed by atoms with van der Waals surface area (Å²) < 4.78 is 5.79. The van der Waals surface area contributed by atoms with Gasteiger partial charge < -0.3 is 9.73 Å². The molecule has 1 N–H and O–H groups in total. The Bertz CT molecular complexity index is 543. The third-order valence-electron chi connectivity index (χ3n) is 3.74. The molecule has 1 atom stereocenters. The van der Waals surface area contributed by atoms with Crippen LogP contribution in [0.2, 0.25) is 0 Å². The highest BCUT2D eigenvalue weighted by atomic mass is 32.1. The second-order valence-electron chi connectivity index (χ2n) is 5.49. The number of aryl methyl sites for hydroxylation is 1. The van der Waals surface area contributed by atoms with Crippen molar-refractivity contribution in [3.05, 3.63) is 29.0 Å². The fourth-order valence-corrected chi connectivity index (χ4v) is 3.34. The van der Waals surface area contributed by atoms with Crippen molar-refractivity contribution in [2.45, 2.75) is 32.4 Å². The Morgan fingerprint density at radius 3 is 3.15 bits per heavy atom. The lowest BCUT2D eigenvalue weighted by Gasteiger charge is -2.20. The summed E-state index contributed by atoms with van der Waals surface area (Å²) >= 11 is 1.66. The molecule has 4 nitrogen and oxygen atoms in total. The number of rotatable bonds is 5. The first-order chi connectivity index (χ1) is 9.72. The van der Waals surface area contributed by atoms with E-state index < -0.39 is 0 Å². The van der Waals surface area contributed by atoms with E-state index in [2.05, 4.69) is 22.2 Å². The van der Waals surface area contributed by atoms with Gasteiger partial charge in [-0.2, -0.15) is 0 Å². The van der Waals surface area contributed by atoms with Crippen molar-refractivity contribution in [3.8, 4) is 10.8 Å². The number of nitrogens with zero attached hydrogens (tertiary/aromatic N) is 2. The van der Waals surface area contributed by atoms with Crippen LogP contribution >= 0.6 is 11.3 Å². The van der Waals surface area contributed by atoms with Crippen LogP contribution in [0.5, 0.6) is 0 Å². The van der Waals surface area contributed by atoms with E-state index >= 15 is 0 Å². The largest absolute Gasteiger partial charge is 0.440 e. The zero-order valence-electron chi connectivity index (χ0n) is 12.1. The highest BCUT2D eigenvalue weighted by molar-refractivity contribution is 7.13. The van der Waals surface area contributed by atoms with Gasteiger partial charge in [0.15, 0.2) is 0 Å². The molecule has 1 saturated heterocycles. The number of hydrogen-bond acceptors (Lipinski definition) is 5. The van der Waals surface area contributed by atoms with Gasteiger partial charge in [-0.3, -0.25) is 4.90 Å². The maximum Gasteiger partial charge on any atom is 0.236 e. The Morgan fingerprint density at radius 1 is 1.55 bits per heavy atom. The molecule has 2 aromatic heterocycles. The number of likely N-dealkylation sites (N-methyl/N-ethyl adjacent to an activating group) is 1. The van der Waals surface area contributed by atoms with Crippen LogP contribution < -0.4 is 5.32 Å². The zero-order valence-corrected chi connectivity index (χ0v) is 12.9. The maximum atomic E-state index is 5.79. The first-order valence-corrected chi connectivity index (χ1v) is 8.02. The molecule has 0 bridgehead atoms. The van der Waals surface area contributed by atoms with Crippen molar-refractivity contribution in [1.82, 2.24) is 15.2 Å². The van der Waals surface area contributed by atoms with Gasteiger partial charge in [0.1, 0.15) is 5.76 Å². The van der Waals surface area contributed by atoms with E-state index in [9.17, 15) is 0 Å². The predicted molar refractivity (Wildman–Crippen MR) is 81.9 cm³/mol. The maximum absolute atomic E-state index is 5.79. The molecule has 3 rings (SSSR count). The van der Waals surface area contributed by atoms with Gasteiger partial charge in [0.2, 0.25) is 5.89 Å². The molecule has 3 heterocycles. The minimum atomic E-state index is 0.629. The molecule has 1 unspecified atom stereocenters. The summed E-state index contributed by atoms with van der Waals surface area (Å²) in [5.74, 6) is 1.68. The molecule has 0 saturated carbocycles. The molecular formula is C15H21N3OS. The predicted octanol–water partition coefficient (Wildman–Crippen LogP) is 2.90. The second-order valence-corrected chi connectivity index (χ2v) is 6.44. The highest BCUT2D eigenvalue weighted by Crippen LogP contribution is 2.26. The molecule has 1 aliphatic heterocycles. The number of oxazole rings is 1. The van der Waals surface area contributed by atoms with Gasteiger partial charge in [-0.1, -0.05) is 6.07 Å². The minimum absolute atomic E-state index is 0.629. The average Bonchev–Trinajstić information content (AvgIpc) is 3.12. The highest BCUT2D eigenvalue weighted by Gasteiger charge is 2.18. The molecule has 2 aromatic rings. The van der Waals surface area contributed by atoms with Crippen LogP contribution in [0.25, 0.3) is 10.8 Å². The molecule has 5 heteroatoms. The van der Waals surface area contributed by atoms with Crippen molar-refractivity contribution < 1.29 is 4.42 Å². The van der Waals surface area contributed by atoms with Crippen molar-refractivity contribution in [1.29, 1.82) is 0 Å². The summed E-state index contributed by atoms with van der Waals surface area (Å²) in [6.07, 6.45) is 2.58. The van der Waals surface area contributed by atoms with Gasteiger partial charge in [-0.15, -0.1) is 11.3 Å². The molecule has 0 aromatic carbocycles. The van der Waals surface area contributed by atoms with E-state index in [-0.39, 0.29) is 0 Å². The summed E-state index contributed by atoms with van der Waals surface area (Å²) in [5.41, 5.74) is 1.05. The number of nitrogens with one attached hydrogen (secondary N) is 1. The number of aromatic nitrogens is 1.